The summed E-state index contributed by atoms with van der Waals surface area (Å²) < 4.78 is 206. The van der Waals surface area contributed by atoms with Crippen molar-refractivity contribution < 1.29 is 30.2 Å². The van der Waals surface area contributed by atoms with Crippen LogP contribution in [-0.4, -0.2) is 13.7 Å². The molecule has 8 aromatic carbocycles. The zero-order valence-electron chi connectivity index (χ0n) is 48.0. The predicted molar refractivity (Wildman–Crippen MR) is 215 cm³/mol. The van der Waals surface area contributed by atoms with Gasteiger partial charge in [-0.2, -0.15) is 0 Å². The Labute approximate surface area is 325 Å². The third-order valence-corrected chi connectivity index (χ3v) is 9.11. The van der Waals surface area contributed by atoms with E-state index >= 15 is 0 Å². The predicted octanol–water partition coefficient (Wildman–Crippen LogP) is 12.6. The first-order valence-corrected chi connectivity index (χ1v) is 15.8. The number of nitrogens with zero attached hydrogens (tertiary/aromatic N) is 3. The van der Waals surface area contributed by atoms with Crippen LogP contribution in [0.15, 0.2) is 188 Å². The standard InChI is InChI=1S/C48H31N3/c1-2-16-32(17-3-1)33-18-4-9-23-38(33)49-41-26-12-7-21-36(41)47-43(49)28-14-30-45(47)51-42-27-13-8-22-37(42)48-44(29-15-31-46(48)51)50-39-24-10-5-19-34(39)35-20-6-11-25-40(35)50/h1-31H/i5D,6D,7D,8D,10D,11D,12D,13D,14D,15D,19D,20D,21D,22D,24D,25D,26D,27D,28D,29D,30D,31D. The SMILES string of the molecule is [2H]c1c([2H])c([2H])c2c(c1[2H])c1c(-n3c4c([2H])c([2H])c([2H])c([2H])c4c4c(-n5c6c([2H])c([2H])c([2H])c([2H])c6c6c([2H])c([2H])c([2H])c([2H])c65)c([2H])c([2H])c([2H])c43)c([2H])c([2H])c([2H])c1n2-c1ccccc1-c1ccccc1. The molecule has 3 nitrogen and oxygen atoms in total. The molecule has 0 amide bonds. The monoisotopic (exact) mass is 671 g/mol. The highest BCUT2D eigenvalue weighted by atomic mass is 15.0. The molecule has 0 aliphatic carbocycles. The molecule has 11 aromatic rings. The summed E-state index contributed by atoms with van der Waals surface area (Å²) in [5.74, 6) is 0. The Hall–Kier alpha value is -6.84. The lowest BCUT2D eigenvalue weighted by molar-refractivity contribution is 1.17. The van der Waals surface area contributed by atoms with Crippen LogP contribution in [0.3, 0.4) is 0 Å². The zero-order chi connectivity index (χ0) is 52.6. The maximum Gasteiger partial charge on any atom is 0.0645 e. The second-order valence-electron chi connectivity index (χ2n) is 11.7. The molecular weight excluding hydrogens is 619 g/mol. The van der Waals surface area contributed by atoms with E-state index in [0.29, 0.717) is 11.1 Å². The Bertz CT molecular complexity index is 4320. The number of hydrogen-bond donors (Lipinski definition) is 0. The Balaban J connectivity index is 1.48. The van der Waals surface area contributed by atoms with Gasteiger partial charge in [0.05, 0.1) is 80.3 Å². The molecule has 0 aliphatic heterocycles. The molecule has 3 heteroatoms. The fourth-order valence-corrected chi connectivity index (χ4v) is 7.09. The van der Waals surface area contributed by atoms with Crippen LogP contribution in [0.5, 0.6) is 0 Å². The van der Waals surface area contributed by atoms with Crippen LogP contribution in [0.2, 0.25) is 0 Å². The van der Waals surface area contributed by atoms with E-state index in [1.165, 1.54) is 4.57 Å². The van der Waals surface area contributed by atoms with E-state index in [-0.39, 0.29) is 27.5 Å². The van der Waals surface area contributed by atoms with Gasteiger partial charge < -0.3 is 13.7 Å². The van der Waals surface area contributed by atoms with Crippen molar-refractivity contribution >= 4 is 65.4 Å². The van der Waals surface area contributed by atoms with Gasteiger partial charge in [-0.1, -0.05) is 133 Å². The Morgan fingerprint density at radius 3 is 1.25 bits per heavy atom. The summed E-state index contributed by atoms with van der Waals surface area (Å²) in [6, 6.07) is -1.74. The van der Waals surface area contributed by atoms with Crippen LogP contribution in [0.4, 0.5) is 0 Å². The van der Waals surface area contributed by atoms with Gasteiger partial charge in [0.15, 0.2) is 0 Å². The summed E-state index contributed by atoms with van der Waals surface area (Å²) >= 11 is 0. The molecule has 0 saturated carbocycles. The third kappa shape index (κ3) is 3.94. The van der Waals surface area contributed by atoms with Crippen molar-refractivity contribution in [1.29, 1.82) is 0 Å². The smallest absolute Gasteiger partial charge is 0.0645 e. The van der Waals surface area contributed by atoms with Crippen molar-refractivity contribution in [3.8, 4) is 28.2 Å². The van der Waals surface area contributed by atoms with Crippen LogP contribution in [0, 0.1) is 0 Å². The van der Waals surface area contributed by atoms with E-state index in [0.717, 1.165) is 9.13 Å². The van der Waals surface area contributed by atoms with Gasteiger partial charge in [-0.05, 0) is 60.0 Å². The van der Waals surface area contributed by atoms with E-state index in [1.807, 2.05) is 0 Å². The Kier molecular flexibility index (Phi) is 3.01. The van der Waals surface area contributed by atoms with Crippen LogP contribution in [0.25, 0.3) is 93.6 Å². The molecule has 0 saturated heterocycles. The molecule has 3 aromatic heterocycles. The molecule has 238 valence electrons. The second-order valence-corrected chi connectivity index (χ2v) is 11.7. The van der Waals surface area contributed by atoms with E-state index in [2.05, 4.69) is 0 Å². The summed E-state index contributed by atoms with van der Waals surface area (Å²) in [4.78, 5) is 0. The summed E-state index contributed by atoms with van der Waals surface area (Å²) in [6.45, 7) is 0. The number of rotatable bonds is 4. The first kappa shape index (κ1) is 14.2. The fraction of sp³-hybridized carbons (Fsp3) is 0. The topological polar surface area (TPSA) is 14.8 Å². The molecular formula is C48H31N3. The lowest BCUT2D eigenvalue weighted by Crippen LogP contribution is -1.98. The minimum absolute atomic E-state index is 0.221. The maximum absolute atomic E-state index is 9.78. The summed E-state index contributed by atoms with van der Waals surface area (Å²) in [7, 11) is 0. The first-order chi connectivity index (χ1) is 34.5. The van der Waals surface area contributed by atoms with E-state index < -0.39 is 188 Å². The Morgan fingerprint density at radius 1 is 0.314 bits per heavy atom. The quantitative estimate of drug-likeness (QED) is 0.177. The van der Waals surface area contributed by atoms with Gasteiger partial charge in [0.2, 0.25) is 0 Å². The van der Waals surface area contributed by atoms with E-state index in [4.69, 9.17) is 13.7 Å². The van der Waals surface area contributed by atoms with Crippen LogP contribution in [0.1, 0.15) is 30.2 Å². The van der Waals surface area contributed by atoms with E-state index in [1.54, 1.807) is 54.6 Å². The number of hydrogen-bond acceptors (Lipinski definition) is 0. The molecule has 0 bridgehead atoms. The van der Waals surface area contributed by atoms with Crippen molar-refractivity contribution in [2.24, 2.45) is 0 Å². The minimum atomic E-state index is -0.939. The van der Waals surface area contributed by atoms with Gasteiger partial charge in [-0.25, -0.2) is 0 Å². The van der Waals surface area contributed by atoms with Gasteiger partial charge >= 0.3 is 0 Å². The molecule has 0 N–H and O–H groups in total. The van der Waals surface area contributed by atoms with Crippen LogP contribution < -0.4 is 0 Å². The highest BCUT2D eigenvalue weighted by molar-refractivity contribution is 6.19. The van der Waals surface area contributed by atoms with Gasteiger partial charge in [-0.3, -0.25) is 0 Å². The molecule has 0 aliphatic rings. The van der Waals surface area contributed by atoms with Crippen molar-refractivity contribution in [2.75, 3.05) is 0 Å². The zero-order valence-corrected chi connectivity index (χ0v) is 26.0. The van der Waals surface area contributed by atoms with Gasteiger partial charge in [0, 0.05) is 37.9 Å². The van der Waals surface area contributed by atoms with Crippen molar-refractivity contribution in [3.05, 3.63) is 188 Å². The summed E-state index contributed by atoms with van der Waals surface area (Å²) in [5, 5.41) is -2.48. The molecule has 51 heavy (non-hydrogen) atoms. The Morgan fingerprint density at radius 2 is 0.706 bits per heavy atom. The minimum Gasteiger partial charge on any atom is -0.309 e. The lowest BCUT2D eigenvalue weighted by atomic mass is 10.0. The lowest BCUT2D eigenvalue weighted by Gasteiger charge is -2.15. The van der Waals surface area contributed by atoms with Crippen LogP contribution in [-0.2, 0) is 0 Å². The van der Waals surface area contributed by atoms with Gasteiger partial charge in [0.25, 0.3) is 0 Å². The van der Waals surface area contributed by atoms with Crippen molar-refractivity contribution in [1.82, 2.24) is 13.7 Å². The maximum atomic E-state index is 9.78. The third-order valence-electron chi connectivity index (χ3n) is 9.11. The molecule has 0 unspecified atom stereocenters. The molecule has 0 atom stereocenters. The van der Waals surface area contributed by atoms with Gasteiger partial charge in [0.1, 0.15) is 0 Å². The van der Waals surface area contributed by atoms with Gasteiger partial charge in [-0.15, -0.1) is 0 Å². The average Bonchev–Trinajstić information content (AvgIpc) is 4.05. The second kappa shape index (κ2) is 10.8. The normalized spacial score (nSPS) is 18.0. The first-order valence-electron chi connectivity index (χ1n) is 26.8. The molecule has 0 radical (unpaired) electrons. The van der Waals surface area contributed by atoms with Crippen molar-refractivity contribution in [3.63, 3.8) is 0 Å². The molecule has 11 rings (SSSR count). The molecule has 3 heterocycles. The number of para-hydroxylation sites is 5. The number of benzene rings is 8. The molecule has 0 fully saturated rings. The average molecular weight is 672 g/mol. The number of aromatic nitrogens is 3. The highest BCUT2D eigenvalue weighted by Crippen LogP contribution is 2.43. The highest BCUT2D eigenvalue weighted by Gasteiger charge is 2.23. The fourth-order valence-electron chi connectivity index (χ4n) is 7.09. The van der Waals surface area contributed by atoms with Crippen molar-refractivity contribution in [2.45, 2.75) is 0 Å². The number of fused-ring (bicyclic) bond motifs is 9. The summed E-state index contributed by atoms with van der Waals surface area (Å²) in [6.07, 6.45) is 0. The summed E-state index contributed by atoms with van der Waals surface area (Å²) in [5.41, 5.74) is -2.42. The van der Waals surface area contributed by atoms with E-state index in [9.17, 15) is 16.4 Å². The molecule has 0 spiro atoms. The van der Waals surface area contributed by atoms with Crippen LogP contribution >= 0.6 is 0 Å². The largest absolute Gasteiger partial charge is 0.309 e.